The molecule has 0 saturated carbocycles. The van der Waals surface area contributed by atoms with E-state index in [0.29, 0.717) is 0 Å². The quantitative estimate of drug-likeness (QED) is 0.425. The van der Waals surface area contributed by atoms with Crippen LogP contribution in [-0.4, -0.2) is 39.9 Å². The van der Waals surface area contributed by atoms with Crippen LogP contribution in [0.1, 0.15) is 13.8 Å². The van der Waals surface area contributed by atoms with Crippen molar-refractivity contribution in [1.82, 2.24) is 0 Å². The highest BCUT2D eigenvalue weighted by molar-refractivity contribution is 8.00. The summed E-state index contributed by atoms with van der Waals surface area (Å²) < 4.78 is 22.6. The summed E-state index contributed by atoms with van der Waals surface area (Å²) in [6.45, 7) is 4.25. The van der Waals surface area contributed by atoms with Gasteiger partial charge < -0.3 is 18.9 Å². The SMILES string of the molecule is CCSc1cc(OC)c(Sc2c(OC)cc(SCC)cc2OC)c(OC)c1. The molecule has 0 bridgehead atoms. The van der Waals surface area contributed by atoms with Crippen LogP contribution in [0.25, 0.3) is 0 Å². The smallest absolute Gasteiger partial charge is 0.137 e. The van der Waals surface area contributed by atoms with Gasteiger partial charge in [0.25, 0.3) is 0 Å². The largest absolute Gasteiger partial charge is 0.495 e. The number of rotatable bonds is 10. The van der Waals surface area contributed by atoms with Crippen molar-refractivity contribution in [2.45, 2.75) is 33.4 Å². The summed E-state index contributed by atoms with van der Waals surface area (Å²) >= 11 is 5.03. The topological polar surface area (TPSA) is 36.9 Å². The number of ether oxygens (including phenoxy) is 4. The van der Waals surface area contributed by atoms with Gasteiger partial charge in [-0.2, -0.15) is 0 Å². The van der Waals surface area contributed by atoms with Crippen LogP contribution >= 0.6 is 35.3 Å². The molecular weight excluding hydrogens is 400 g/mol. The van der Waals surface area contributed by atoms with E-state index >= 15 is 0 Å². The average Bonchev–Trinajstić information content (AvgIpc) is 2.69. The first-order chi connectivity index (χ1) is 13.1. The number of methoxy groups -OCH3 is 4. The summed E-state index contributed by atoms with van der Waals surface area (Å²) in [7, 11) is 6.70. The number of hydrogen-bond donors (Lipinski definition) is 0. The minimum Gasteiger partial charge on any atom is -0.495 e. The molecule has 0 heterocycles. The predicted molar refractivity (Wildman–Crippen MR) is 116 cm³/mol. The van der Waals surface area contributed by atoms with Crippen molar-refractivity contribution in [3.05, 3.63) is 24.3 Å². The van der Waals surface area contributed by atoms with Crippen molar-refractivity contribution in [2.75, 3.05) is 39.9 Å². The van der Waals surface area contributed by atoms with E-state index in [1.165, 1.54) is 11.8 Å². The summed E-state index contributed by atoms with van der Waals surface area (Å²) in [5.41, 5.74) is 0. The van der Waals surface area contributed by atoms with Gasteiger partial charge in [-0.05, 0) is 35.8 Å². The summed E-state index contributed by atoms with van der Waals surface area (Å²) in [4.78, 5) is 4.02. The van der Waals surface area contributed by atoms with Crippen LogP contribution in [0.15, 0.2) is 43.8 Å². The third-order valence-electron chi connectivity index (χ3n) is 3.69. The third kappa shape index (κ3) is 5.36. The molecule has 0 unspecified atom stereocenters. The Balaban J connectivity index is 2.55. The molecule has 0 N–H and O–H groups in total. The molecule has 0 atom stereocenters. The summed E-state index contributed by atoms with van der Waals surface area (Å²) in [5.74, 6) is 5.05. The van der Waals surface area contributed by atoms with E-state index in [2.05, 4.69) is 13.8 Å². The maximum Gasteiger partial charge on any atom is 0.137 e. The maximum absolute atomic E-state index is 5.66. The molecule has 0 saturated heterocycles. The Morgan fingerprint density at radius 2 is 0.889 bits per heavy atom. The van der Waals surface area contributed by atoms with Crippen molar-refractivity contribution in [2.24, 2.45) is 0 Å². The normalized spacial score (nSPS) is 10.6. The molecule has 148 valence electrons. The van der Waals surface area contributed by atoms with Crippen LogP contribution in [0, 0.1) is 0 Å². The molecule has 0 aliphatic rings. The van der Waals surface area contributed by atoms with Gasteiger partial charge in [-0.3, -0.25) is 0 Å². The van der Waals surface area contributed by atoms with E-state index in [1.54, 1.807) is 52.0 Å². The van der Waals surface area contributed by atoms with E-state index in [1.807, 2.05) is 24.3 Å². The highest BCUT2D eigenvalue weighted by atomic mass is 32.2. The lowest BCUT2D eigenvalue weighted by Crippen LogP contribution is -1.96. The molecule has 0 fully saturated rings. The van der Waals surface area contributed by atoms with E-state index in [4.69, 9.17) is 18.9 Å². The van der Waals surface area contributed by atoms with Crippen molar-refractivity contribution < 1.29 is 18.9 Å². The van der Waals surface area contributed by atoms with Gasteiger partial charge in [0.15, 0.2) is 0 Å². The second kappa shape index (κ2) is 10.9. The number of hydrogen-bond acceptors (Lipinski definition) is 7. The Morgan fingerprint density at radius 1 is 0.593 bits per heavy atom. The maximum atomic E-state index is 5.66. The number of thioether (sulfide) groups is 2. The van der Waals surface area contributed by atoms with Gasteiger partial charge >= 0.3 is 0 Å². The standard InChI is InChI=1S/C20H26O4S3/c1-7-25-13-9-15(21-3)19(16(10-13)22-4)27-20-17(23-5)11-14(26-8-2)12-18(20)24-6/h9-12H,7-8H2,1-6H3. The fourth-order valence-corrected chi connectivity index (χ4v) is 5.12. The molecule has 2 aromatic carbocycles. The zero-order valence-corrected chi connectivity index (χ0v) is 19.0. The van der Waals surface area contributed by atoms with Gasteiger partial charge in [-0.1, -0.05) is 25.6 Å². The average molecular weight is 427 g/mol. The van der Waals surface area contributed by atoms with Gasteiger partial charge in [0, 0.05) is 9.79 Å². The summed E-state index contributed by atoms with van der Waals surface area (Å²) in [6.07, 6.45) is 0. The molecule has 2 rings (SSSR count). The van der Waals surface area contributed by atoms with Gasteiger partial charge in [-0.25, -0.2) is 0 Å². The Labute approximate surface area is 174 Å². The van der Waals surface area contributed by atoms with Gasteiger partial charge in [0.05, 0.1) is 38.2 Å². The van der Waals surface area contributed by atoms with Crippen LogP contribution < -0.4 is 18.9 Å². The van der Waals surface area contributed by atoms with Gasteiger partial charge in [-0.15, -0.1) is 23.5 Å². The zero-order chi connectivity index (χ0) is 19.8. The zero-order valence-electron chi connectivity index (χ0n) is 16.6. The lowest BCUT2D eigenvalue weighted by atomic mass is 10.3. The molecule has 0 aliphatic carbocycles. The van der Waals surface area contributed by atoms with Crippen molar-refractivity contribution in [1.29, 1.82) is 0 Å². The van der Waals surface area contributed by atoms with E-state index < -0.39 is 0 Å². The predicted octanol–water partition coefficient (Wildman–Crippen LogP) is 6.10. The van der Waals surface area contributed by atoms with E-state index in [9.17, 15) is 0 Å². The molecule has 0 aromatic heterocycles. The Morgan fingerprint density at radius 3 is 1.11 bits per heavy atom. The highest BCUT2D eigenvalue weighted by Gasteiger charge is 2.20. The minimum absolute atomic E-state index is 0.770. The molecule has 27 heavy (non-hydrogen) atoms. The monoisotopic (exact) mass is 426 g/mol. The van der Waals surface area contributed by atoms with E-state index in [-0.39, 0.29) is 0 Å². The molecule has 0 radical (unpaired) electrons. The molecule has 4 nitrogen and oxygen atoms in total. The molecule has 2 aromatic rings. The first-order valence-corrected chi connectivity index (χ1v) is 11.4. The van der Waals surface area contributed by atoms with Crippen LogP contribution in [0.4, 0.5) is 0 Å². The van der Waals surface area contributed by atoms with Gasteiger partial charge in [0.2, 0.25) is 0 Å². The fourth-order valence-electron chi connectivity index (χ4n) is 2.51. The van der Waals surface area contributed by atoms with Crippen molar-refractivity contribution in [3.8, 4) is 23.0 Å². The molecule has 0 spiro atoms. The van der Waals surface area contributed by atoms with Crippen LogP contribution in [0.2, 0.25) is 0 Å². The Hall–Kier alpha value is -1.31. The highest BCUT2D eigenvalue weighted by Crippen LogP contribution is 2.50. The third-order valence-corrected chi connectivity index (χ3v) is 6.62. The molecule has 0 amide bonds. The first-order valence-electron chi connectivity index (χ1n) is 8.57. The molecule has 0 aliphatic heterocycles. The minimum atomic E-state index is 0.770. The molecule has 7 heteroatoms. The van der Waals surface area contributed by atoms with Crippen molar-refractivity contribution in [3.63, 3.8) is 0 Å². The second-order valence-electron chi connectivity index (χ2n) is 5.28. The van der Waals surface area contributed by atoms with E-state index in [0.717, 1.165) is 54.1 Å². The Kier molecular flexibility index (Phi) is 8.86. The lowest BCUT2D eigenvalue weighted by Gasteiger charge is -2.18. The van der Waals surface area contributed by atoms with Crippen LogP contribution in [0.5, 0.6) is 23.0 Å². The molecular formula is C20H26O4S3. The fraction of sp³-hybridized carbons (Fsp3) is 0.400. The van der Waals surface area contributed by atoms with Crippen LogP contribution in [-0.2, 0) is 0 Å². The summed E-state index contributed by atoms with van der Waals surface area (Å²) in [6, 6.07) is 8.16. The van der Waals surface area contributed by atoms with Gasteiger partial charge in [0.1, 0.15) is 23.0 Å². The first kappa shape index (κ1) is 22.0. The number of benzene rings is 2. The second-order valence-corrected chi connectivity index (χ2v) is 8.98. The summed E-state index contributed by atoms with van der Waals surface area (Å²) in [5, 5.41) is 0. The Bertz CT molecular complexity index is 651. The van der Waals surface area contributed by atoms with Crippen LogP contribution in [0.3, 0.4) is 0 Å². The van der Waals surface area contributed by atoms with Crippen molar-refractivity contribution >= 4 is 35.3 Å². The lowest BCUT2D eigenvalue weighted by molar-refractivity contribution is 0.370.